The number of carbonyl (C=O) groups is 1. The number of ether oxygens (including phenoxy) is 1. The zero-order chi connectivity index (χ0) is 19.0. The number of hydrogen-bond acceptors (Lipinski definition) is 5. The number of esters is 1. The molecule has 25 heavy (non-hydrogen) atoms. The number of rotatable bonds is 10. The Balaban J connectivity index is 2.17. The summed E-state index contributed by atoms with van der Waals surface area (Å²) in [7, 11) is 1.52. The summed E-state index contributed by atoms with van der Waals surface area (Å²) < 4.78 is 19.6. The van der Waals surface area contributed by atoms with Crippen LogP contribution in [0.2, 0.25) is 0 Å². The molecular formula is C18H29FN2O3S. The van der Waals surface area contributed by atoms with Crippen LogP contribution in [-0.4, -0.2) is 27.9 Å². The quantitative estimate of drug-likeness (QED) is 0.271. The van der Waals surface area contributed by atoms with Gasteiger partial charge in [-0.25, -0.2) is 4.98 Å². The zero-order valence-electron chi connectivity index (χ0n) is 15.8. The highest BCUT2D eigenvalue weighted by atomic mass is 32.2. The number of carbonyl (C=O) groups excluding carboxylic acids is 1. The van der Waals surface area contributed by atoms with E-state index in [0.29, 0.717) is 11.8 Å². The predicted octanol–water partition coefficient (Wildman–Crippen LogP) is 3.80. The van der Waals surface area contributed by atoms with Crippen LogP contribution in [0.4, 0.5) is 4.39 Å². The molecule has 1 aromatic heterocycles. The Morgan fingerprint density at radius 1 is 1.32 bits per heavy atom. The maximum atomic E-state index is 13.1. The molecule has 0 spiro atoms. The summed E-state index contributed by atoms with van der Waals surface area (Å²) in [6.07, 6.45) is 4.76. The van der Waals surface area contributed by atoms with Crippen LogP contribution in [-0.2, 0) is 16.6 Å². The van der Waals surface area contributed by atoms with Gasteiger partial charge in [-0.05, 0) is 32.6 Å². The third-order valence-electron chi connectivity index (χ3n) is 4.56. The van der Waals surface area contributed by atoms with E-state index in [-0.39, 0.29) is 11.9 Å². The van der Waals surface area contributed by atoms with Gasteiger partial charge >= 0.3 is 5.97 Å². The molecule has 0 unspecified atom stereocenters. The van der Waals surface area contributed by atoms with Crippen LogP contribution in [0.25, 0.3) is 0 Å². The monoisotopic (exact) mass is 372 g/mol. The Bertz CT molecular complexity index is 629. The lowest BCUT2D eigenvalue weighted by molar-refractivity contribution is -0.156. The molecule has 0 atom stereocenters. The Morgan fingerprint density at radius 2 is 1.96 bits per heavy atom. The molecule has 7 heteroatoms. The highest BCUT2D eigenvalue weighted by Gasteiger charge is 2.32. The standard InChI is InChI=1S/C18H29FN2O3S/c1-13(2)18(3,4)16(23)24-10-8-6-7-9-11-25-17-20-12-14(19)15(22)21(17)5/h12-13H,6-11H2,1-5H3. The Morgan fingerprint density at radius 3 is 2.60 bits per heavy atom. The van der Waals surface area contributed by atoms with Gasteiger partial charge in [0.2, 0.25) is 5.82 Å². The molecule has 0 amide bonds. The number of aromatic nitrogens is 2. The van der Waals surface area contributed by atoms with Crippen molar-refractivity contribution in [2.75, 3.05) is 12.4 Å². The average molecular weight is 373 g/mol. The van der Waals surface area contributed by atoms with Gasteiger partial charge in [0.15, 0.2) is 5.16 Å². The van der Waals surface area contributed by atoms with E-state index in [2.05, 4.69) is 4.98 Å². The highest BCUT2D eigenvalue weighted by molar-refractivity contribution is 7.99. The van der Waals surface area contributed by atoms with Crippen molar-refractivity contribution in [2.24, 2.45) is 18.4 Å². The minimum atomic E-state index is -0.831. The molecule has 5 nitrogen and oxygen atoms in total. The first kappa shape index (κ1) is 21.7. The van der Waals surface area contributed by atoms with Crippen molar-refractivity contribution in [3.8, 4) is 0 Å². The van der Waals surface area contributed by atoms with Gasteiger partial charge in [0.05, 0.1) is 18.2 Å². The summed E-state index contributed by atoms with van der Waals surface area (Å²) in [6, 6.07) is 0. The van der Waals surface area contributed by atoms with Gasteiger partial charge in [0.25, 0.3) is 5.56 Å². The molecule has 0 N–H and O–H groups in total. The van der Waals surface area contributed by atoms with E-state index < -0.39 is 16.8 Å². The minimum absolute atomic E-state index is 0.138. The predicted molar refractivity (Wildman–Crippen MR) is 98.2 cm³/mol. The van der Waals surface area contributed by atoms with Crippen molar-refractivity contribution in [3.63, 3.8) is 0 Å². The van der Waals surface area contributed by atoms with Crippen molar-refractivity contribution >= 4 is 17.7 Å². The number of thioether (sulfide) groups is 1. The summed E-state index contributed by atoms with van der Waals surface area (Å²) in [4.78, 5) is 27.4. The molecule has 0 aliphatic rings. The van der Waals surface area contributed by atoms with Crippen LogP contribution in [0.1, 0.15) is 53.4 Å². The molecule has 142 valence electrons. The fourth-order valence-corrected chi connectivity index (χ4v) is 2.88. The van der Waals surface area contributed by atoms with E-state index in [9.17, 15) is 14.0 Å². The van der Waals surface area contributed by atoms with Crippen molar-refractivity contribution in [3.05, 3.63) is 22.4 Å². The number of nitrogens with zero attached hydrogens (tertiary/aromatic N) is 2. The number of unbranched alkanes of at least 4 members (excludes halogenated alkanes) is 3. The van der Waals surface area contributed by atoms with Crippen LogP contribution in [0, 0.1) is 17.2 Å². The molecule has 1 rings (SSSR count). The molecule has 0 aliphatic heterocycles. The molecule has 0 bridgehead atoms. The van der Waals surface area contributed by atoms with Crippen LogP contribution in [0.15, 0.2) is 16.1 Å². The third kappa shape index (κ3) is 6.45. The second-order valence-electron chi connectivity index (χ2n) is 7.03. The van der Waals surface area contributed by atoms with E-state index in [1.54, 1.807) is 0 Å². The zero-order valence-corrected chi connectivity index (χ0v) is 16.6. The molecule has 0 fully saturated rings. The van der Waals surface area contributed by atoms with E-state index in [1.807, 2.05) is 27.7 Å². The molecule has 1 heterocycles. The normalized spacial score (nSPS) is 11.8. The van der Waals surface area contributed by atoms with Crippen molar-refractivity contribution in [1.29, 1.82) is 0 Å². The third-order valence-corrected chi connectivity index (χ3v) is 5.69. The van der Waals surface area contributed by atoms with Crippen LogP contribution in [0.3, 0.4) is 0 Å². The van der Waals surface area contributed by atoms with Crippen molar-refractivity contribution in [1.82, 2.24) is 9.55 Å². The molecule has 0 saturated carbocycles. The molecule has 0 aromatic carbocycles. The summed E-state index contributed by atoms with van der Waals surface area (Å²) in [5.41, 5.74) is -1.10. The van der Waals surface area contributed by atoms with E-state index in [0.717, 1.165) is 37.6 Å². The first-order chi connectivity index (χ1) is 11.7. The highest BCUT2D eigenvalue weighted by Crippen LogP contribution is 2.27. The summed E-state index contributed by atoms with van der Waals surface area (Å²) in [6.45, 7) is 8.31. The maximum absolute atomic E-state index is 13.1. The fraction of sp³-hybridized carbons (Fsp3) is 0.722. The lowest BCUT2D eigenvalue weighted by Crippen LogP contribution is -2.32. The Hall–Kier alpha value is -1.37. The second-order valence-corrected chi connectivity index (χ2v) is 8.09. The lowest BCUT2D eigenvalue weighted by Gasteiger charge is -2.26. The minimum Gasteiger partial charge on any atom is -0.465 e. The van der Waals surface area contributed by atoms with Gasteiger partial charge in [-0.1, -0.05) is 38.5 Å². The summed E-state index contributed by atoms with van der Waals surface area (Å²) in [5, 5.41) is 0.524. The smallest absolute Gasteiger partial charge is 0.311 e. The average Bonchev–Trinajstić information content (AvgIpc) is 2.56. The second kappa shape index (κ2) is 9.94. The van der Waals surface area contributed by atoms with Gasteiger partial charge < -0.3 is 4.74 Å². The van der Waals surface area contributed by atoms with Gasteiger partial charge in [0, 0.05) is 12.8 Å². The Kier molecular flexibility index (Phi) is 8.62. The summed E-state index contributed by atoms with van der Waals surface area (Å²) in [5.74, 6) is 0.0861. The van der Waals surface area contributed by atoms with Crippen LogP contribution in [0.5, 0.6) is 0 Å². The first-order valence-electron chi connectivity index (χ1n) is 8.69. The van der Waals surface area contributed by atoms with E-state index in [4.69, 9.17) is 4.74 Å². The first-order valence-corrected chi connectivity index (χ1v) is 9.68. The van der Waals surface area contributed by atoms with Crippen LogP contribution >= 0.6 is 11.8 Å². The van der Waals surface area contributed by atoms with E-state index >= 15 is 0 Å². The maximum Gasteiger partial charge on any atom is 0.311 e. The summed E-state index contributed by atoms with van der Waals surface area (Å²) >= 11 is 1.44. The lowest BCUT2D eigenvalue weighted by atomic mass is 9.81. The molecule has 0 saturated heterocycles. The number of hydrogen-bond donors (Lipinski definition) is 0. The van der Waals surface area contributed by atoms with Crippen molar-refractivity contribution < 1.29 is 13.9 Å². The van der Waals surface area contributed by atoms with Gasteiger partial charge in [0.1, 0.15) is 0 Å². The SMILES string of the molecule is CC(C)C(C)(C)C(=O)OCCCCCCSc1ncc(F)c(=O)n1C. The molecular weight excluding hydrogens is 343 g/mol. The van der Waals surface area contributed by atoms with Gasteiger partial charge in [-0.15, -0.1) is 0 Å². The van der Waals surface area contributed by atoms with Gasteiger partial charge in [-0.2, -0.15) is 4.39 Å². The van der Waals surface area contributed by atoms with E-state index in [1.165, 1.54) is 23.4 Å². The van der Waals surface area contributed by atoms with Crippen molar-refractivity contribution in [2.45, 2.75) is 58.5 Å². The fourth-order valence-electron chi connectivity index (χ4n) is 1.94. The topological polar surface area (TPSA) is 61.2 Å². The largest absolute Gasteiger partial charge is 0.465 e. The molecule has 1 aromatic rings. The van der Waals surface area contributed by atoms with Gasteiger partial charge in [-0.3, -0.25) is 14.2 Å². The van der Waals surface area contributed by atoms with Crippen LogP contribution < -0.4 is 5.56 Å². The molecule has 0 aliphatic carbocycles. The number of halogens is 1. The Labute approximate surface area is 153 Å². The molecule has 0 radical (unpaired) electrons.